The van der Waals surface area contributed by atoms with Crippen LogP contribution in [0.15, 0.2) is 0 Å². The van der Waals surface area contributed by atoms with Gasteiger partial charge in [-0.2, -0.15) is 0 Å². The van der Waals surface area contributed by atoms with Crippen LogP contribution in [0.4, 0.5) is 0 Å². The van der Waals surface area contributed by atoms with Gasteiger partial charge in [-0.05, 0) is 18.8 Å². The van der Waals surface area contributed by atoms with E-state index in [0.29, 0.717) is 12.5 Å². The van der Waals surface area contributed by atoms with E-state index in [2.05, 4.69) is 13.8 Å². The summed E-state index contributed by atoms with van der Waals surface area (Å²) in [4.78, 5) is 11.3. The van der Waals surface area contributed by atoms with Crippen molar-refractivity contribution in [3.63, 3.8) is 0 Å². The molecular formula is C10H18O3. The highest BCUT2D eigenvalue weighted by atomic mass is 16.5. The van der Waals surface area contributed by atoms with Crippen LogP contribution < -0.4 is 0 Å². The third-order valence-electron chi connectivity index (χ3n) is 2.59. The van der Waals surface area contributed by atoms with Crippen molar-refractivity contribution in [2.45, 2.75) is 32.8 Å². The zero-order valence-corrected chi connectivity index (χ0v) is 8.58. The standard InChI is InChI=1S/C10H18O3/c1-7(2)9-6-8(4-5-13-9)10(11)12-3/h7-9H,4-6H2,1-3H3. The lowest BCUT2D eigenvalue weighted by atomic mass is 9.90. The monoisotopic (exact) mass is 186 g/mol. The van der Waals surface area contributed by atoms with Gasteiger partial charge in [0.15, 0.2) is 0 Å². The van der Waals surface area contributed by atoms with Gasteiger partial charge in [0.1, 0.15) is 0 Å². The fraction of sp³-hybridized carbons (Fsp3) is 0.900. The van der Waals surface area contributed by atoms with E-state index < -0.39 is 0 Å². The Labute approximate surface area is 79.4 Å². The molecule has 0 aromatic rings. The molecule has 0 aromatic heterocycles. The van der Waals surface area contributed by atoms with E-state index in [1.165, 1.54) is 7.11 Å². The van der Waals surface area contributed by atoms with Crippen LogP contribution in [0, 0.1) is 11.8 Å². The number of rotatable bonds is 2. The van der Waals surface area contributed by atoms with Crippen molar-refractivity contribution < 1.29 is 14.3 Å². The lowest BCUT2D eigenvalue weighted by Crippen LogP contribution is -2.33. The van der Waals surface area contributed by atoms with E-state index in [1.54, 1.807) is 0 Å². The molecule has 1 aliphatic heterocycles. The van der Waals surface area contributed by atoms with Crippen LogP contribution in [0.3, 0.4) is 0 Å². The molecule has 1 fully saturated rings. The topological polar surface area (TPSA) is 35.5 Å². The first kappa shape index (κ1) is 10.5. The van der Waals surface area contributed by atoms with Gasteiger partial charge in [0.25, 0.3) is 0 Å². The summed E-state index contributed by atoms with van der Waals surface area (Å²) in [7, 11) is 1.45. The van der Waals surface area contributed by atoms with Gasteiger partial charge >= 0.3 is 5.97 Å². The maximum absolute atomic E-state index is 11.3. The van der Waals surface area contributed by atoms with Gasteiger partial charge in [-0.25, -0.2) is 0 Å². The largest absolute Gasteiger partial charge is 0.469 e. The Kier molecular flexibility index (Phi) is 3.72. The summed E-state index contributed by atoms with van der Waals surface area (Å²) >= 11 is 0. The summed E-state index contributed by atoms with van der Waals surface area (Å²) in [5, 5.41) is 0. The number of carbonyl (C=O) groups excluding carboxylic acids is 1. The minimum atomic E-state index is -0.0889. The number of hydrogen-bond donors (Lipinski definition) is 0. The first-order valence-corrected chi connectivity index (χ1v) is 4.84. The molecule has 0 radical (unpaired) electrons. The number of hydrogen-bond acceptors (Lipinski definition) is 3. The summed E-state index contributed by atoms with van der Waals surface area (Å²) in [6.07, 6.45) is 1.83. The average Bonchev–Trinajstić information content (AvgIpc) is 2.17. The second-order valence-corrected chi connectivity index (χ2v) is 3.90. The highest BCUT2D eigenvalue weighted by molar-refractivity contribution is 5.72. The van der Waals surface area contributed by atoms with Crippen molar-refractivity contribution in [2.75, 3.05) is 13.7 Å². The molecule has 13 heavy (non-hydrogen) atoms. The quantitative estimate of drug-likeness (QED) is 0.615. The summed E-state index contributed by atoms with van der Waals surface area (Å²) < 4.78 is 10.3. The Morgan fingerprint density at radius 3 is 2.77 bits per heavy atom. The molecule has 0 saturated carbocycles. The van der Waals surface area contributed by atoms with Crippen LogP contribution >= 0.6 is 0 Å². The van der Waals surface area contributed by atoms with Crippen molar-refractivity contribution in [1.29, 1.82) is 0 Å². The van der Waals surface area contributed by atoms with Crippen LogP contribution in [0.1, 0.15) is 26.7 Å². The van der Waals surface area contributed by atoms with Crippen molar-refractivity contribution >= 4 is 5.97 Å². The van der Waals surface area contributed by atoms with Crippen LogP contribution in [0.5, 0.6) is 0 Å². The number of carbonyl (C=O) groups is 1. The minimum absolute atomic E-state index is 0.0474. The maximum Gasteiger partial charge on any atom is 0.308 e. The van der Waals surface area contributed by atoms with Crippen LogP contribution in [0.25, 0.3) is 0 Å². The molecule has 0 spiro atoms. The highest BCUT2D eigenvalue weighted by Gasteiger charge is 2.29. The molecule has 2 unspecified atom stereocenters. The van der Waals surface area contributed by atoms with Gasteiger partial charge in [-0.15, -0.1) is 0 Å². The first-order valence-electron chi connectivity index (χ1n) is 4.84. The molecule has 3 nitrogen and oxygen atoms in total. The van der Waals surface area contributed by atoms with Crippen molar-refractivity contribution in [3.8, 4) is 0 Å². The van der Waals surface area contributed by atoms with E-state index in [9.17, 15) is 4.79 Å². The van der Waals surface area contributed by atoms with Crippen molar-refractivity contribution in [1.82, 2.24) is 0 Å². The molecule has 0 N–H and O–H groups in total. The molecule has 76 valence electrons. The van der Waals surface area contributed by atoms with Crippen molar-refractivity contribution in [2.24, 2.45) is 11.8 Å². The first-order chi connectivity index (χ1) is 6.15. The Morgan fingerprint density at radius 2 is 2.23 bits per heavy atom. The molecular weight excluding hydrogens is 168 g/mol. The highest BCUT2D eigenvalue weighted by Crippen LogP contribution is 2.25. The smallest absolute Gasteiger partial charge is 0.308 e. The molecule has 1 heterocycles. The van der Waals surface area contributed by atoms with E-state index in [1.807, 2.05) is 0 Å². The number of methoxy groups -OCH3 is 1. The Hall–Kier alpha value is -0.570. The van der Waals surface area contributed by atoms with Gasteiger partial charge in [0.2, 0.25) is 0 Å². The Morgan fingerprint density at radius 1 is 1.54 bits per heavy atom. The SMILES string of the molecule is COC(=O)C1CCOC(C(C)C)C1. The van der Waals surface area contributed by atoms with E-state index in [0.717, 1.165) is 12.8 Å². The normalized spacial score (nSPS) is 28.9. The number of esters is 1. The second-order valence-electron chi connectivity index (χ2n) is 3.90. The maximum atomic E-state index is 11.3. The van der Waals surface area contributed by atoms with Gasteiger partial charge in [-0.3, -0.25) is 4.79 Å². The molecule has 1 aliphatic rings. The summed E-state index contributed by atoms with van der Waals surface area (Å²) in [6.45, 7) is 4.91. The summed E-state index contributed by atoms with van der Waals surface area (Å²) in [5.74, 6) is 0.438. The van der Waals surface area contributed by atoms with E-state index >= 15 is 0 Å². The molecule has 2 atom stereocenters. The number of ether oxygens (including phenoxy) is 2. The van der Waals surface area contributed by atoms with E-state index in [-0.39, 0.29) is 18.0 Å². The van der Waals surface area contributed by atoms with Crippen molar-refractivity contribution in [3.05, 3.63) is 0 Å². The zero-order valence-electron chi connectivity index (χ0n) is 8.58. The Balaban J connectivity index is 2.46. The molecule has 0 aliphatic carbocycles. The predicted octanol–water partition coefficient (Wildman–Crippen LogP) is 1.61. The van der Waals surface area contributed by atoms with Gasteiger partial charge in [0, 0.05) is 6.61 Å². The third-order valence-corrected chi connectivity index (χ3v) is 2.59. The molecule has 0 bridgehead atoms. The van der Waals surface area contributed by atoms with Gasteiger partial charge in [-0.1, -0.05) is 13.8 Å². The predicted molar refractivity (Wildman–Crippen MR) is 49.3 cm³/mol. The van der Waals surface area contributed by atoms with Crippen LogP contribution in [-0.4, -0.2) is 25.8 Å². The average molecular weight is 186 g/mol. The Bertz CT molecular complexity index is 177. The van der Waals surface area contributed by atoms with Crippen LogP contribution in [0.2, 0.25) is 0 Å². The lowest BCUT2D eigenvalue weighted by Gasteiger charge is -2.30. The minimum Gasteiger partial charge on any atom is -0.469 e. The zero-order chi connectivity index (χ0) is 9.84. The summed E-state index contributed by atoms with van der Waals surface area (Å²) in [5.41, 5.74) is 0. The fourth-order valence-electron chi connectivity index (χ4n) is 1.67. The van der Waals surface area contributed by atoms with Gasteiger partial charge in [0.05, 0.1) is 19.1 Å². The van der Waals surface area contributed by atoms with Gasteiger partial charge < -0.3 is 9.47 Å². The van der Waals surface area contributed by atoms with Crippen LogP contribution in [-0.2, 0) is 14.3 Å². The molecule has 3 heteroatoms. The summed E-state index contributed by atoms with van der Waals surface area (Å²) in [6, 6.07) is 0. The molecule has 0 amide bonds. The van der Waals surface area contributed by atoms with E-state index in [4.69, 9.17) is 9.47 Å². The second kappa shape index (κ2) is 4.61. The molecule has 1 saturated heterocycles. The lowest BCUT2D eigenvalue weighted by molar-refractivity contribution is -0.151. The third kappa shape index (κ3) is 2.69. The fourth-order valence-corrected chi connectivity index (χ4v) is 1.67. The molecule has 0 aromatic carbocycles. The molecule has 1 rings (SSSR count).